The van der Waals surface area contributed by atoms with E-state index in [1.54, 1.807) is 20.6 Å². The fourth-order valence-corrected chi connectivity index (χ4v) is 4.01. The molecule has 1 N–H and O–H groups in total. The van der Waals surface area contributed by atoms with Gasteiger partial charge in [0.25, 0.3) is 0 Å². The fourth-order valence-electron chi connectivity index (χ4n) is 4.01. The number of anilines is 1. The number of alkyl halides is 3. The zero-order chi connectivity index (χ0) is 24.3. The van der Waals surface area contributed by atoms with Gasteiger partial charge in [0.05, 0.1) is 29.4 Å². The van der Waals surface area contributed by atoms with Crippen LogP contribution in [0.3, 0.4) is 0 Å². The Kier molecular flexibility index (Phi) is 6.95. The van der Waals surface area contributed by atoms with Crippen molar-refractivity contribution in [2.45, 2.75) is 39.0 Å². The van der Waals surface area contributed by atoms with E-state index < -0.39 is 29.3 Å². The monoisotopic (exact) mass is 462 g/mol. The summed E-state index contributed by atoms with van der Waals surface area (Å²) in [6.07, 6.45) is -4.51. The third-order valence-electron chi connectivity index (χ3n) is 5.68. The Morgan fingerprint density at radius 3 is 2.55 bits per heavy atom. The lowest BCUT2D eigenvalue weighted by Gasteiger charge is -2.42. The van der Waals surface area contributed by atoms with Crippen LogP contribution in [0, 0.1) is 25.2 Å². The Morgan fingerprint density at radius 2 is 1.97 bits per heavy atom. The summed E-state index contributed by atoms with van der Waals surface area (Å²) in [7, 11) is 1.43. The SMILES string of the molecule is CNC(=O)C1CN(C(=O)CCn2nc(C)cc2C)CCN1c1ccc(C#N)c(C(F)(F)F)c1. The van der Waals surface area contributed by atoms with E-state index in [0.717, 1.165) is 23.5 Å². The van der Waals surface area contributed by atoms with Crippen molar-refractivity contribution in [1.82, 2.24) is 20.0 Å². The van der Waals surface area contributed by atoms with E-state index >= 15 is 0 Å². The van der Waals surface area contributed by atoms with Crippen LogP contribution in [0.2, 0.25) is 0 Å². The number of carbonyl (C=O) groups excluding carboxylic acids is 2. The lowest BCUT2D eigenvalue weighted by molar-refractivity contribution is -0.137. The predicted octanol–water partition coefficient (Wildman–Crippen LogP) is 2.24. The Hall–Kier alpha value is -3.55. The lowest BCUT2D eigenvalue weighted by Crippen LogP contribution is -2.60. The number of halogens is 3. The molecule has 0 saturated carbocycles. The average molecular weight is 462 g/mol. The van der Waals surface area contributed by atoms with Crippen molar-refractivity contribution in [2.24, 2.45) is 0 Å². The number of hydrogen-bond acceptors (Lipinski definition) is 5. The van der Waals surface area contributed by atoms with Gasteiger partial charge in [-0.2, -0.15) is 23.5 Å². The number of likely N-dealkylation sites (N-methyl/N-ethyl adjacent to an activating group) is 1. The van der Waals surface area contributed by atoms with Gasteiger partial charge in [-0.1, -0.05) is 0 Å². The molecule has 33 heavy (non-hydrogen) atoms. The molecule has 2 aromatic rings. The van der Waals surface area contributed by atoms with Gasteiger partial charge in [0.2, 0.25) is 11.8 Å². The summed E-state index contributed by atoms with van der Waals surface area (Å²) in [5.41, 5.74) is 0.426. The average Bonchev–Trinajstić information content (AvgIpc) is 3.12. The predicted molar refractivity (Wildman–Crippen MR) is 114 cm³/mol. The van der Waals surface area contributed by atoms with Gasteiger partial charge in [0.15, 0.2) is 0 Å². The summed E-state index contributed by atoms with van der Waals surface area (Å²) in [4.78, 5) is 28.5. The second-order valence-corrected chi connectivity index (χ2v) is 7.90. The summed E-state index contributed by atoms with van der Waals surface area (Å²) in [6, 6.07) is 5.98. The van der Waals surface area contributed by atoms with Crippen molar-refractivity contribution in [2.75, 3.05) is 31.6 Å². The summed E-state index contributed by atoms with van der Waals surface area (Å²) >= 11 is 0. The quantitative estimate of drug-likeness (QED) is 0.736. The summed E-state index contributed by atoms with van der Waals surface area (Å²) < 4.78 is 42.0. The van der Waals surface area contributed by atoms with E-state index in [-0.39, 0.29) is 37.6 Å². The van der Waals surface area contributed by atoms with Crippen LogP contribution in [0.5, 0.6) is 0 Å². The molecule has 0 spiro atoms. The fraction of sp³-hybridized carbons (Fsp3) is 0.455. The lowest BCUT2D eigenvalue weighted by atomic mass is 10.0. The number of carbonyl (C=O) groups is 2. The molecule has 0 bridgehead atoms. The minimum Gasteiger partial charge on any atom is -0.357 e. The van der Waals surface area contributed by atoms with E-state index in [0.29, 0.717) is 6.54 Å². The zero-order valence-corrected chi connectivity index (χ0v) is 18.6. The standard InChI is InChI=1S/C22H25F3N6O2/c1-14-10-15(2)31(28-14)7-6-20(32)29-8-9-30(19(13-29)21(33)27-3)17-5-4-16(12-26)18(11-17)22(23,24)25/h4-5,10-11,19H,6-9,13H2,1-3H3,(H,27,33). The van der Waals surface area contributed by atoms with Gasteiger partial charge >= 0.3 is 6.18 Å². The van der Waals surface area contributed by atoms with Crippen LogP contribution < -0.4 is 10.2 Å². The first-order valence-corrected chi connectivity index (χ1v) is 10.4. The number of amides is 2. The molecule has 8 nitrogen and oxygen atoms in total. The number of benzene rings is 1. The van der Waals surface area contributed by atoms with Crippen LogP contribution in [-0.4, -0.2) is 59.2 Å². The molecule has 1 aliphatic rings. The molecule has 2 heterocycles. The number of hydrogen-bond donors (Lipinski definition) is 1. The Bertz CT molecular complexity index is 1090. The zero-order valence-electron chi connectivity index (χ0n) is 18.6. The van der Waals surface area contributed by atoms with Gasteiger partial charge in [-0.15, -0.1) is 0 Å². The van der Waals surface area contributed by atoms with Crippen LogP contribution in [0.4, 0.5) is 18.9 Å². The first-order valence-electron chi connectivity index (χ1n) is 10.4. The van der Waals surface area contributed by atoms with E-state index in [4.69, 9.17) is 5.26 Å². The van der Waals surface area contributed by atoms with E-state index in [1.807, 2.05) is 19.9 Å². The number of nitriles is 1. The second kappa shape index (κ2) is 9.52. The molecular formula is C22H25F3N6O2. The Morgan fingerprint density at radius 1 is 1.24 bits per heavy atom. The third kappa shape index (κ3) is 5.27. The molecule has 0 aliphatic carbocycles. The molecule has 1 atom stereocenters. The molecule has 1 aliphatic heterocycles. The van der Waals surface area contributed by atoms with Gasteiger partial charge in [0.1, 0.15) is 6.04 Å². The van der Waals surface area contributed by atoms with Crippen LogP contribution in [0.25, 0.3) is 0 Å². The van der Waals surface area contributed by atoms with Crippen molar-refractivity contribution in [3.05, 3.63) is 46.8 Å². The normalized spacial score (nSPS) is 16.5. The number of nitrogens with one attached hydrogen (secondary N) is 1. The smallest absolute Gasteiger partial charge is 0.357 e. The van der Waals surface area contributed by atoms with Crippen molar-refractivity contribution < 1.29 is 22.8 Å². The van der Waals surface area contributed by atoms with Gasteiger partial charge in [-0.05, 0) is 38.1 Å². The summed E-state index contributed by atoms with van der Waals surface area (Å²) in [5.74, 6) is -0.573. The highest BCUT2D eigenvalue weighted by Gasteiger charge is 2.37. The number of aryl methyl sites for hydroxylation is 3. The van der Waals surface area contributed by atoms with Crippen LogP contribution in [0.15, 0.2) is 24.3 Å². The number of aromatic nitrogens is 2. The van der Waals surface area contributed by atoms with Crippen molar-refractivity contribution >= 4 is 17.5 Å². The number of piperazine rings is 1. The highest BCUT2D eigenvalue weighted by molar-refractivity contribution is 5.87. The number of rotatable bonds is 5. The highest BCUT2D eigenvalue weighted by Crippen LogP contribution is 2.35. The van der Waals surface area contributed by atoms with Crippen LogP contribution in [0.1, 0.15) is 28.9 Å². The van der Waals surface area contributed by atoms with Gasteiger partial charge in [0, 0.05) is 44.5 Å². The first-order chi connectivity index (χ1) is 15.5. The van der Waals surface area contributed by atoms with Gasteiger partial charge in [-0.25, -0.2) is 0 Å². The molecule has 3 rings (SSSR count). The third-order valence-corrected chi connectivity index (χ3v) is 5.68. The largest absolute Gasteiger partial charge is 0.417 e. The maximum Gasteiger partial charge on any atom is 0.417 e. The van der Waals surface area contributed by atoms with E-state index in [1.165, 1.54) is 13.1 Å². The van der Waals surface area contributed by atoms with Crippen molar-refractivity contribution in [3.63, 3.8) is 0 Å². The summed E-state index contributed by atoms with van der Waals surface area (Å²) in [6.45, 7) is 4.63. The minimum absolute atomic E-state index is 0.0387. The molecule has 2 amide bonds. The first kappa shape index (κ1) is 24.1. The number of nitrogens with zero attached hydrogens (tertiary/aromatic N) is 5. The summed E-state index contributed by atoms with van der Waals surface area (Å²) in [5, 5.41) is 15.9. The van der Waals surface area contributed by atoms with Gasteiger partial charge < -0.3 is 15.1 Å². The van der Waals surface area contributed by atoms with Crippen molar-refractivity contribution in [3.8, 4) is 6.07 Å². The molecule has 0 radical (unpaired) electrons. The molecule has 1 unspecified atom stereocenters. The Balaban J connectivity index is 1.79. The molecule has 1 fully saturated rings. The molecule has 11 heteroatoms. The van der Waals surface area contributed by atoms with Crippen LogP contribution >= 0.6 is 0 Å². The van der Waals surface area contributed by atoms with E-state index in [2.05, 4.69) is 10.4 Å². The molecule has 1 aromatic carbocycles. The Labute approximate surface area is 189 Å². The highest BCUT2D eigenvalue weighted by atomic mass is 19.4. The van der Waals surface area contributed by atoms with Gasteiger partial charge in [-0.3, -0.25) is 14.3 Å². The molecule has 1 saturated heterocycles. The molecular weight excluding hydrogens is 437 g/mol. The van der Waals surface area contributed by atoms with E-state index in [9.17, 15) is 22.8 Å². The topological polar surface area (TPSA) is 94.3 Å². The van der Waals surface area contributed by atoms with Crippen molar-refractivity contribution in [1.29, 1.82) is 5.26 Å². The molecule has 1 aromatic heterocycles. The maximum atomic E-state index is 13.4. The maximum absolute atomic E-state index is 13.4. The van der Waals surface area contributed by atoms with Crippen LogP contribution in [-0.2, 0) is 22.3 Å². The second-order valence-electron chi connectivity index (χ2n) is 7.90. The minimum atomic E-state index is -4.70. The molecule has 176 valence electrons.